The minimum absolute atomic E-state index is 0.134. The average molecular weight is 287 g/mol. The number of nitrogens with zero attached hydrogens (tertiary/aromatic N) is 3. The number of thioether (sulfide) groups is 1. The molecule has 5 nitrogen and oxygen atoms in total. The Bertz CT molecular complexity index is 650. The van der Waals surface area contributed by atoms with Crippen LogP contribution in [0.2, 0.25) is 0 Å². The molecule has 0 saturated carbocycles. The van der Waals surface area contributed by atoms with Crippen molar-refractivity contribution in [1.29, 1.82) is 5.26 Å². The van der Waals surface area contributed by atoms with Gasteiger partial charge >= 0.3 is 0 Å². The molecule has 1 aromatic heterocycles. The molecule has 1 aromatic carbocycles. The van der Waals surface area contributed by atoms with E-state index in [9.17, 15) is 0 Å². The molecule has 0 radical (unpaired) electrons. The second-order valence-corrected chi connectivity index (χ2v) is 5.71. The van der Waals surface area contributed by atoms with Crippen molar-refractivity contribution in [3.05, 3.63) is 36.0 Å². The van der Waals surface area contributed by atoms with Crippen LogP contribution in [0.3, 0.4) is 0 Å². The van der Waals surface area contributed by atoms with Gasteiger partial charge in [-0.3, -0.25) is 0 Å². The van der Waals surface area contributed by atoms with E-state index in [1.54, 1.807) is 11.8 Å². The van der Waals surface area contributed by atoms with Crippen molar-refractivity contribution >= 4 is 11.8 Å². The number of para-hydroxylation sites is 1. The van der Waals surface area contributed by atoms with Crippen molar-refractivity contribution in [2.24, 2.45) is 5.92 Å². The van der Waals surface area contributed by atoms with Crippen LogP contribution in [0.4, 0.5) is 0 Å². The maximum atomic E-state index is 8.79. The molecule has 2 heterocycles. The van der Waals surface area contributed by atoms with E-state index in [4.69, 9.17) is 14.5 Å². The van der Waals surface area contributed by atoms with Gasteiger partial charge in [0, 0.05) is 17.1 Å². The number of fused-ring (bicyclic) bond motifs is 1. The molecule has 0 bridgehead atoms. The Morgan fingerprint density at radius 2 is 2.35 bits per heavy atom. The van der Waals surface area contributed by atoms with Crippen molar-refractivity contribution in [3.63, 3.8) is 0 Å². The molecule has 0 aliphatic carbocycles. The van der Waals surface area contributed by atoms with Crippen molar-refractivity contribution in [2.75, 3.05) is 5.75 Å². The second-order valence-electron chi connectivity index (χ2n) is 4.64. The lowest BCUT2D eigenvalue weighted by Crippen LogP contribution is -2.16. The van der Waals surface area contributed by atoms with E-state index >= 15 is 0 Å². The molecular formula is C14H13N3O2S. The van der Waals surface area contributed by atoms with Crippen LogP contribution >= 0.6 is 11.8 Å². The molecule has 20 heavy (non-hydrogen) atoms. The molecule has 102 valence electrons. The molecule has 2 unspecified atom stereocenters. The number of nitriles is 1. The number of hydrogen-bond acceptors (Lipinski definition) is 6. The highest BCUT2D eigenvalue weighted by atomic mass is 32.2. The van der Waals surface area contributed by atoms with Crippen LogP contribution in [0, 0.1) is 17.2 Å². The van der Waals surface area contributed by atoms with E-state index in [1.807, 2.05) is 31.2 Å². The first-order valence-electron chi connectivity index (χ1n) is 6.37. The van der Waals surface area contributed by atoms with Gasteiger partial charge in [-0.25, -0.2) is 0 Å². The first kappa shape index (κ1) is 13.0. The predicted molar refractivity (Wildman–Crippen MR) is 73.3 cm³/mol. The fourth-order valence-corrected chi connectivity index (χ4v) is 2.92. The van der Waals surface area contributed by atoms with Crippen molar-refractivity contribution in [1.82, 2.24) is 10.1 Å². The monoisotopic (exact) mass is 287 g/mol. The lowest BCUT2D eigenvalue weighted by atomic mass is 10.1. The number of benzene rings is 1. The van der Waals surface area contributed by atoms with Gasteiger partial charge in [-0.15, -0.1) is 11.8 Å². The lowest BCUT2D eigenvalue weighted by Gasteiger charge is -2.22. The van der Waals surface area contributed by atoms with Gasteiger partial charge in [0.1, 0.15) is 5.75 Å². The zero-order chi connectivity index (χ0) is 13.9. The maximum absolute atomic E-state index is 8.79. The molecule has 0 N–H and O–H groups in total. The normalized spacial score (nSPS) is 18.7. The number of rotatable bonds is 3. The van der Waals surface area contributed by atoms with Crippen molar-refractivity contribution in [2.45, 2.75) is 24.3 Å². The van der Waals surface area contributed by atoms with Gasteiger partial charge in [-0.05, 0) is 19.1 Å². The zero-order valence-corrected chi connectivity index (χ0v) is 11.8. The highest BCUT2D eigenvalue weighted by Crippen LogP contribution is 2.39. The standard InChI is InChI=1S/C14H13N3O2S/c1-9(7-15)6-13-16-14(17-19-13)11-8-20-12-5-3-2-4-10(12)18-11/h2-5,9,11H,6,8H2,1H3. The van der Waals surface area contributed by atoms with Crippen LogP contribution in [0.15, 0.2) is 33.7 Å². The third-order valence-corrected chi connectivity index (χ3v) is 4.10. The highest BCUT2D eigenvalue weighted by molar-refractivity contribution is 7.99. The van der Waals surface area contributed by atoms with Crippen molar-refractivity contribution in [3.8, 4) is 11.8 Å². The van der Waals surface area contributed by atoms with E-state index in [-0.39, 0.29) is 12.0 Å². The van der Waals surface area contributed by atoms with E-state index in [1.165, 1.54) is 0 Å². The van der Waals surface area contributed by atoms with E-state index in [0.717, 1.165) is 16.4 Å². The summed E-state index contributed by atoms with van der Waals surface area (Å²) in [5.41, 5.74) is 0. The Balaban J connectivity index is 1.74. The topological polar surface area (TPSA) is 71.9 Å². The molecule has 2 aromatic rings. The molecule has 0 saturated heterocycles. The minimum Gasteiger partial charge on any atom is -0.480 e. The molecule has 1 aliphatic heterocycles. The van der Waals surface area contributed by atoms with E-state index < -0.39 is 0 Å². The van der Waals surface area contributed by atoms with Gasteiger partial charge in [-0.2, -0.15) is 10.2 Å². The predicted octanol–water partition coefficient (Wildman–Crippen LogP) is 3.00. The second kappa shape index (κ2) is 5.55. The number of aromatic nitrogens is 2. The summed E-state index contributed by atoms with van der Waals surface area (Å²) >= 11 is 1.72. The Labute approximate surface area is 120 Å². The van der Waals surface area contributed by atoms with Crippen LogP contribution in [-0.4, -0.2) is 15.9 Å². The number of ether oxygens (including phenoxy) is 1. The first-order valence-corrected chi connectivity index (χ1v) is 7.35. The fraction of sp³-hybridized carbons (Fsp3) is 0.357. The average Bonchev–Trinajstić information content (AvgIpc) is 2.95. The van der Waals surface area contributed by atoms with Gasteiger partial charge in [0.25, 0.3) is 0 Å². The summed E-state index contributed by atoms with van der Waals surface area (Å²) in [6.45, 7) is 1.83. The van der Waals surface area contributed by atoms with Gasteiger partial charge < -0.3 is 9.26 Å². The summed E-state index contributed by atoms with van der Waals surface area (Å²) in [6, 6.07) is 10.1. The number of hydrogen-bond donors (Lipinski definition) is 0. The van der Waals surface area contributed by atoms with Crippen LogP contribution in [0.5, 0.6) is 5.75 Å². The molecule has 6 heteroatoms. The van der Waals surface area contributed by atoms with Gasteiger partial charge in [0.2, 0.25) is 11.7 Å². The molecule has 0 amide bonds. The van der Waals surface area contributed by atoms with E-state index in [2.05, 4.69) is 16.2 Å². The third-order valence-electron chi connectivity index (χ3n) is 2.98. The van der Waals surface area contributed by atoms with Crippen LogP contribution < -0.4 is 4.74 Å². The highest BCUT2D eigenvalue weighted by Gasteiger charge is 2.26. The largest absolute Gasteiger partial charge is 0.480 e. The maximum Gasteiger partial charge on any atom is 0.228 e. The zero-order valence-electron chi connectivity index (χ0n) is 10.9. The van der Waals surface area contributed by atoms with Gasteiger partial charge in [0.05, 0.1) is 12.0 Å². The fourth-order valence-electron chi connectivity index (χ4n) is 1.94. The van der Waals surface area contributed by atoms with Crippen LogP contribution in [0.25, 0.3) is 0 Å². The lowest BCUT2D eigenvalue weighted by molar-refractivity contribution is 0.205. The van der Waals surface area contributed by atoms with Crippen LogP contribution in [0.1, 0.15) is 24.7 Å². The molecule has 2 atom stereocenters. The Morgan fingerprint density at radius 1 is 1.50 bits per heavy atom. The SMILES string of the molecule is CC(C#N)Cc1nc(C2CSc3ccccc3O2)no1. The minimum atomic E-state index is -0.204. The summed E-state index contributed by atoms with van der Waals surface area (Å²) < 4.78 is 11.1. The summed E-state index contributed by atoms with van der Waals surface area (Å²) in [5.74, 6) is 2.51. The summed E-state index contributed by atoms with van der Waals surface area (Å²) in [5, 5.41) is 12.8. The third kappa shape index (κ3) is 2.63. The molecule has 1 aliphatic rings. The quantitative estimate of drug-likeness (QED) is 0.864. The Hall–Kier alpha value is -2.00. The Morgan fingerprint density at radius 3 is 3.20 bits per heavy atom. The first-order chi connectivity index (χ1) is 9.76. The van der Waals surface area contributed by atoms with Gasteiger partial charge in [0.15, 0.2) is 6.10 Å². The summed E-state index contributed by atoms with van der Waals surface area (Å²) in [7, 11) is 0. The molecule has 0 spiro atoms. The summed E-state index contributed by atoms with van der Waals surface area (Å²) in [6.07, 6.45) is 0.268. The smallest absolute Gasteiger partial charge is 0.228 e. The molecule has 0 fully saturated rings. The van der Waals surface area contributed by atoms with Crippen molar-refractivity contribution < 1.29 is 9.26 Å². The van der Waals surface area contributed by atoms with Crippen LogP contribution in [-0.2, 0) is 6.42 Å². The Kier molecular flexibility index (Phi) is 3.61. The molecule has 3 rings (SSSR count). The summed E-state index contributed by atoms with van der Waals surface area (Å²) in [4.78, 5) is 5.46. The van der Waals surface area contributed by atoms with E-state index in [0.29, 0.717) is 18.1 Å². The molecular weight excluding hydrogens is 274 g/mol. The van der Waals surface area contributed by atoms with Gasteiger partial charge in [-0.1, -0.05) is 17.3 Å².